The number of alkyl halides is 3. The zero-order valence-corrected chi connectivity index (χ0v) is 15.2. The minimum atomic E-state index is -4.45. The van der Waals surface area contributed by atoms with Gasteiger partial charge in [-0.1, -0.05) is 29.8 Å². The largest absolute Gasteiger partial charge is 0.484 e. The Morgan fingerprint density at radius 2 is 1.89 bits per heavy atom. The van der Waals surface area contributed by atoms with Crippen LogP contribution < -0.4 is 10.1 Å². The second-order valence-electron chi connectivity index (χ2n) is 5.91. The van der Waals surface area contributed by atoms with Crippen molar-refractivity contribution in [3.63, 3.8) is 0 Å². The molecule has 0 atom stereocenters. The maximum Gasteiger partial charge on any atom is 0.422 e. The van der Waals surface area contributed by atoms with Crippen molar-refractivity contribution < 1.29 is 22.7 Å². The van der Waals surface area contributed by atoms with Crippen molar-refractivity contribution in [1.29, 1.82) is 0 Å². The molecule has 0 radical (unpaired) electrons. The maximum atomic E-state index is 12.3. The molecule has 0 unspecified atom stereocenters. The number of aromatic nitrogens is 2. The van der Waals surface area contributed by atoms with Crippen LogP contribution in [0.3, 0.4) is 0 Å². The molecule has 146 valence electrons. The van der Waals surface area contributed by atoms with Gasteiger partial charge in [0.25, 0.3) is 5.91 Å². The van der Waals surface area contributed by atoms with Gasteiger partial charge in [0.2, 0.25) is 0 Å². The maximum absolute atomic E-state index is 12.3. The third-order valence-corrected chi connectivity index (χ3v) is 3.89. The first kappa shape index (κ1) is 19.8. The molecule has 0 aliphatic carbocycles. The number of rotatable bonds is 6. The van der Waals surface area contributed by atoms with Crippen molar-refractivity contribution in [2.45, 2.75) is 12.7 Å². The summed E-state index contributed by atoms with van der Waals surface area (Å²) in [6.07, 6.45) is -2.75. The normalized spacial score (nSPS) is 11.3. The molecular weight excluding hydrogens is 395 g/mol. The topological polar surface area (TPSA) is 56.2 Å². The Morgan fingerprint density at radius 3 is 2.61 bits per heavy atom. The van der Waals surface area contributed by atoms with Crippen molar-refractivity contribution in [2.24, 2.45) is 0 Å². The highest BCUT2D eigenvalue weighted by molar-refractivity contribution is 6.30. The third-order valence-electron chi connectivity index (χ3n) is 3.64. The molecule has 0 aliphatic rings. The first-order valence-electron chi connectivity index (χ1n) is 8.17. The summed E-state index contributed by atoms with van der Waals surface area (Å²) in [7, 11) is 0. The molecule has 1 aromatic heterocycles. The number of nitrogens with one attached hydrogen (secondary N) is 1. The van der Waals surface area contributed by atoms with E-state index in [4.69, 9.17) is 11.6 Å². The number of benzene rings is 2. The second kappa shape index (κ2) is 8.35. The third kappa shape index (κ3) is 5.75. The number of amides is 1. The number of carbonyl (C=O) groups is 1. The first-order valence-corrected chi connectivity index (χ1v) is 8.55. The molecule has 0 fully saturated rings. The van der Waals surface area contributed by atoms with E-state index in [0.717, 1.165) is 5.56 Å². The molecule has 1 N–H and O–H groups in total. The van der Waals surface area contributed by atoms with Crippen LogP contribution in [0.4, 0.5) is 19.0 Å². The minimum Gasteiger partial charge on any atom is -0.484 e. The van der Waals surface area contributed by atoms with Crippen LogP contribution in [-0.4, -0.2) is 28.5 Å². The van der Waals surface area contributed by atoms with Gasteiger partial charge in [-0.15, -0.1) is 0 Å². The summed E-state index contributed by atoms with van der Waals surface area (Å²) in [5.41, 5.74) is 1.15. The number of ether oxygens (including phenoxy) is 1. The molecule has 0 saturated heterocycles. The predicted molar refractivity (Wildman–Crippen MR) is 98.7 cm³/mol. The quantitative estimate of drug-likeness (QED) is 0.637. The van der Waals surface area contributed by atoms with Crippen LogP contribution in [0.2, 0.25) is 5.02 Å². The van der Waals surface area contributed by atoms with E-state index in [1.165, 1.54) is 24.3 Å². The number of carbonyl (C=O) groups excluding carboxylic acids is 1. The van der Waals surface area contributed by atoms with Crippen LogP contribution in [0.25, 0.3) is 0 Å². The molecule has 0 aliphatic heterocycles. The van der Waals surface area contributed by atoms with E-state index in [1.54, 1.807) is 29.1 Å². The molecule has 28 heavy (non-hydrogen) atoms. The van der Waals surface area contributed by atoms with Crippen molar-refractivity contribution >= 4 is 23.3 Å². The molecule has 9 heteroatoms. The van der Waals surface area contributed by atoms with E-state index < -0.39 is 18.7 Å². The summed E-state index contributed by atoms with van der Waals surface area (Å²) in [4.78, 5) is 12.3. The fourth-order valence-electron chi connectivity index (χ4n) is 2.37. The summed E-state index contributed by atoms with van der Waals surface area (Å²) >= 11 is 5.85. The van der Waals surface area contributed by atoms with Gasteiger partial charge in [0.15, 0.2) is 12.4 Å². The zero-order chi connectivity index (χ0) is 20.1. The van der Waals surface area contributed by atoms with Gasteiger partial charge >= 0.3 is 6.18 Å². The van der Waals surface area contributed by atoms with Gasteiger partial charge < -0.3 is 10.1 Å². The van der Waals surface area contributed by atoms with Crippen molar-refractivity contribution in [2.75, 3.05) is 11.9 Å². The zero-order valence-electron chi connectivity index (χ0n) is 14.4. The van der Waals surface area contributed by atoms with E-state index in [2.05, 4.69) is 15.2 Å². The van der Waals surface area contributed by atoms with Crippen molar-refractivity contribution in [3.05, 3.63) is 76.9 Å². The Balaban J connectivity index is 1.62. The van der Waals surface area contributed by atoms with Gasteiger partial charge in [0.05, 0.1) is 6.54 Å². The van der Waals surface area contributed by atoms with E-state index in [-0.39, 0.29) is 11.3 Å². The van der Waals surface area contributed by atoms with Crippen molar-refractivity contribution in [3.8, 4) is 5.75 Å². The van der Waals surface area contributed by atoms with Gasteiger partial charge in [-0.05, 0) is 35.9 Å². The lowest BCUT2D eigenvalue weighted by atomic mass is 10.2. The van der Waals surface area contributed by atoms with Crippen LogP contribution in [0.15, 0.2) is 60.8 Å². The molecule has 2 aromatic carbocycles. The first-order chi connectivity index (χ1) is 13.3. The summed E-state index contributed by atoms with van der Waals surface area (Å²) in [5.74, 6) is -0.229. The standard InChI is InChI=1S/C19H15ClF3N3O2/c20-15-6-4-13(5-7-15)11-26-9-8-17(25-26)24-18(27)14-2-1-3-16(10-14)28-12-19(21,22)23/h1-10H,11-12H2,(H,24,25,27). The lowest BCUT2D eigenvalue weighted by Crippen LogP contribution is -2.19. The lowest BCUT2D eigenvalue weighted by Gasteiger charge is -2.10. The smallest absolute Gasteiger partial charge is 0.422 e. The molecule has 3 aromatic rings. The Morgan fingerprint density at radius 1 is 1.14 bits per heavy atom. The number of nitrogens with zero attached hydrogens (tertiary/aromatic N) is 2. The van der Waals surface area contributed by atoms with E-state index >= 15 is 0 Å². The Bertz CT molecular complexity index is 956. The van der Waals surface area contributed by atoms with Crippen LogP contribution in [0.5, 0.6) is 5.75 Å². The van der Waals surface area contributed by atoms with Gasteiger partial charge in [-0.2, -0.15) is 18.3 Å². The van der Waals surface area contributed by atoms with Gasteiger partial charge in [-0.3, -0.25) is 9.48 Å². The van der Waals surface area contributed by atoms with E-state index in [9.17, 15) is 18.0 Å². The van der Waals surface area contributed by atoms with Crippen LogP contribution in [0.1, 0.15) is 15.9 Å². The summed E-state index contributed by atoms with van der Waals surface area (Å²) in [5, 5.41) is 7.50. The van der Waals surface area contributed by atoms with E-state index in [0.29, 0.717) is 17.4 Å². The highest BCUT2D eigenvalue weighted by Crippen LogP contribution is 2.20. The number of halogens is 4. The second-order valence-corrected chi connectivity index (χ2v) is 6.35. The monoisotopic (exact) mass is 409 g/mol. The van der Waals surface area contributed by atoms with Crippen molar-refractivity contribution in [1.82, 2.24) is 9.78 Å². The fraction of sp³-hybridized carbons (Fsp3) is 0.158. The number of hydrogen-bond acceptors (Lipinski definition) is 3. The molecule has 5 nitrogen and oxygen atoms in total. The predicted octanol–water partition coefficient (Wildman–Crippen LogP) is 4.78. The summed E-state index contributed by atoms with van der Waals surface area (Å²) in [6.45, 7) is -0.930. The Labute approximate surface area is 163 Å². The fourth-order valence-corrected chi connectivity index (χ4v) is 2.50. The molecule has 0 spiro atoms. The number of hydrogen-bond donors (Lipinski definition) is 1. The van der Waals surface area contributed by atoms with E-state index in [1.807, 2.05) is 12.1 Å². The van der Waals surface area contributed by atoms with Gasteiger partial charge in [0.1, 0.15) is 5.75 Å². The average Bonchev–Trinajstić information content (AvgIpc) is 3.08. The van der Waals surface area contributed by atoms with Gasteiger partial charge in [-0.25, -0.2) is 0 Å². The molecule has 0 bridgehead atoms. The van der Waals surface area contributed by atoms with Crippen LogP contribution in [0, 0.1) is 0 Å². The Hall–Kier alpha value is -3.00. The van der Waals surface area contributed by atoms with Crippen LogP contribution >= 0.6 is 11.6 Å². The molecule has 3 rings (SSSR count). The number of anilines is 1. The average molecular weight is 410 g/mol. The molecular formula is C19H15ClF3N3O2. The minimum absolute atomic E-state index is 0.0433. The Kier molecular flexibility index (Phi) is 5.89. The SMILES string of the molecule is O=C(Nc1ccn(Cc2ccc(Cl)cc2)n1)c1cccc(OCC(F)(F)F)c1. The highest BCUT2D eigenvalue weighted by atomic mass is 35.5. The summed E-state index contributed by atoms with van der Waals surface area (Å²) < 4.78 is 43.0. The molecule has 0 saturated carbocycles. The highest BCUT2D eigenvalue weighted by Gasteiger charge is 2.28. The molecule has 1 amide bonds. The van der Waals surface area contributed by atoms with Crippen LogP contribution in [-0.2, 0) is 6.54 Å². The van der Waals surface area contributed by atoms with Gasteiger partial charge in [0, 0.05) is 22.8 Å². The molecule has 1 heterocycles. The lowest BCUT2D eigenvalue weighted by molar-refractivity contribution is -0.153. The summed E-state index contributed by atoms with van der Waals surface area (Å²) in [6, 6.07) is 14.4.